The Hall–Kier alpha value is -2.50. The van der Waals surface area contributed by atoms with Gasteiger partial charge in [-0.05, 0) is 47.9 Å². The van der Waals surface area contributed by atoms with E-state index in [-0.39, 0.29) is 0 Å². The Kier molecular flexibility index (Phi) is 7.32. The molecule has 0 atom stereocenters. The molecule has 3 aromatic rings. The van der Waals surface area contributed by atoms with Crippen molar-refractivity contribution in [2.24, 2.45) is 0 Å². The molecule has 0 amide bonds. The Labute approximate surface area is 215 Å². The fourth-order valence-electron chi connectivity index (χ4n) is 6.19. The summed E-state index contributed by atoms with van der Waals surface area (Å²) < 4.78 is 24.6. The quantitative estimate of drug-likeness (QED) is 0.351. The molecule has 5 rings (SSSR count). The monoisotopic (exact) mass is 482 g/mol. The van der Waals surface area contributed by atoms with E-state index in [1.54, 1.807) is 28.4 Å². The second kappa shape index (κ2) is 10.5. The van der Waals surface area contributed by atoms with E-state index in [2.05, 4.69) is 72.8 Å². The van der Waals surface area contributed by atoms with Crippen LogP contribution < -0.4 is 0 Å². The van der Waals surface area contributed by atoms with Crippen LogP contribution in [0.2, 0.25) is 0 Å². The van der Waals surface area contributed by atoms with E-state index in [9.17, 15) is 0 Å². The van der Waals surface area contributed by atoms with Gasteiger partial charge in [0, 0.05) is 28.4 Å². The summed E-state index contributed by atoms with van der Waals surface area (Å²) in [6.45, 7) is 0. The summed E-state index contributed by atoms with van der Waals surface area (Å²) in [5, 5.41) is 0. The molecule has 0 spiro atoms. The topological polar surface area (TPSA) is 36.9 Å². The van der Waals surface area contributed by atoms with Crippen LogP contribution in [0.4, 0.5) is 0 Å². The number of methoxy groups -OCH3 is 4. The number of rotatable bonds is 8. The van der Waals surface area contributed by atoms with E-state index in [1.165, 1.54) is 0 Å². The maximum Gasteiger partial charge on any atom is 0.189 e. The lowest BCUT2D eigenvalue weighted by atomic mass is 9.82. The lowest BCUT2D eigenvalue weighted by Crippen LogP contribution is -2.43. The third-order valence-corrected chi connectivity index (χ3v) is 7.79. The molecule has 4 heteroatoms. The summed E-state index contributed by atoms with van der Waals surface area (Å²) in [4.78, 5) is 0. The lowest BCUT2D eigenvalue weighted by molar-refractivity contribution is -0.168. The molecule has 0 N–H and O–H groups in total. The average Bonchev–Trinajstić information content (AvgIpc) is 3.53. The number of hydrogen-bond acceptors (Lipinski definition) is 4. The van der Waals surface area contributed by atoms with Crippen LogP contribution in [0.25, 0.3) is 0 Å². The third-order valence-electron chi connectivity index (χ3n) is 7.79. The molecule has 2 fully saturated rings. The van der Waals surface area contributed by atoms with Crippen LogP contribution in [0.15, 0.2) is 84.9 Å². The van der Waals surface area contributed by atoms with Gasteiger partial charge in [0.2, 0.25) is 0 Å². The van der Waals surface area contributed by atoms with E-state index in [0.29, 0.717) is 0 Å². The molecule has 4 nitrogen and oxygen atoms in total. The summed E-state index contributed by atoms with van der Waals surface area (Å²) in [6.07, 6.45) is 3.50. The molecule has 4 radical (unpaired) electrons. The first-order valence-electron chi connectivity index (χ1n) is 12.5. The fraction of sp³-hybridized carbons (Fsp3) is 0.312. The van der Waals surface area contributed by atoms with Crippen LogP contribution in [0.5, 0.6) is 0 Å². The van der Waals surface area contributed by atoms with Crippen molar-refractivity contribution >= 4 is 0 Å². The fourth-order valence-corrected chi connectivity index (χ4v) is 6.19. The van der Waals surface area contributed by atoms with Gasteiger partial charge in [-0.25, -0.2) is 0 Å². The molecule has 0 aromatic heterocycles. The van der Waals surface area contributed by atoms with E-state index in [1.807, 2.05) is 12.1 Å². The smallest absolute Gasteiger partial charge is 0.189 e. The molecule has 0 aliphatic heterocycles. The van der Waals surface area contributed by atoms with Gasteiger partial charge in [0.25, 0.3) is 0 Å². The average molecular weight is 483 g/mol. The van der Waals surface area contributed by atoms with E-state index >= 15 is 0 Å². The summed E-state index contributed by atoms with van der Waals surface area (Å²) in [5.41, 5.74) is 4.53. The van der Waals surface area contributed by atoms with Crippen LogP contribution in [-0.2, 0) is 18.9 Å². The van der Waals surface area contributed by atoms with Crippen molar-refractivity contribution in [1.82, 2.24) is 0 Å². The van der Waals surface area contributed by atoms with Crippen molar-refractivity contribution in [2.75, 3.05) is 28.4 Å². The van der Waals surface area contributed by atoms with Crippen molar-refractivity contribution in [3.8, 4) is 0 Å². The Balaban J connectivity index is 1.50. The summed E-state index contributed by atoms with van der Waals surface area (Å²) in [5.74, 6) is 2.82. The van der Waals surface area contributed by atoms with Gasteiger partial charge >= 0.3 is 0 Å². The number of ether oxygens (including phenoxy) is 4. The molecule has 2 aliphatic carbocycles. The molecule has 2 aliphatic rings. The molecule has 2 saturated carbocycles. The summed E-state index contributed by atoms with van der Waals surface area (Å²) in [7, 11) is 6.93. The predicted molar refractivity (Wildman–Crippen MR) is 141 cm³/mol. The minimum absolute atomic E-state index is 0.867. The van der Waals surface area contributed by atoms with Crippen molar-refractivity contribution < 1.29 is 18.9 Å². The highest BCUT2D eigenvalue weighted by atomic mass is 16.7. The van der Waals surface area contributed by atoms with Crippen molar-refractivity contribution in [3.63, 3.8) is 0 Å². The minimum atomic E-state index is -0.888. The van der Waals surface area contributed by atoms with Crippen LogP contribution in [-0.4, -0.2) is 40.0 Å². The van der Waals surface area contributed by atoms with Gasteiger partial charge in [-0.1, -0.05) is 84.9 Å². The first kappa shape index (κ1) is 25.2. The van der Waals surface area contributed by atoms with Gasteiger partial charge in [0.05, 0.1) is 23.7 Å². The Morgan fingerprint density at radius 1 is 0.417 bits per heavy atom. The van der Waals surface area contributed by atoms with Crippen molar-refractivity contribution in [2.45, 2.75) is 37.3 Å². The lowest BCUT2D eigenvalue weighted by Gasteiger charge is -2.38. The molecule has 0 unspecified atom stereocenters. The van der Waals surface area contributed by atoms with Crippen LogP contribution in [0.3, 0.4) is 0 Å². The van der Waals surface area contributed by atoms with Gasteiger partial charge in [-0.3, -0.25) is 0 Å². The van der Waals surface area contributed by atoms with Gasteiger partial charge in [-0.15, -0.1) is 0 Å². The Morgan fingerprint density at radius 3 is 1.06 bits per heavy atom. The first-order valence-corrected chi connectivity index (χ1v) is 12.5. The maximum absolute atomic E-state index is 6.15. The van der Waals surface area contributed by atoms with Crippen LogP contribution >= 0.6 is 0 Å². The van der Waals surface area contributed by atoms with E-state index in [4.69, 9.17) is 18.9 Å². The SMILES string of the molecule is COC1(OC)[C](c2ccccc2)CC[C]1c1cccc([C]2CC[C](c3ccccc3)C2(OC)OC)c1. The largest absolute Gasteiger partial charge is 0.351 e. The van der Waals surface area contributed by atoms with Crippen molar-refractivity contribution in [3.05, 3.63) is 131 Å². The third kappa shape index (κ3) is 4.01. The highest BCUT2D eigenvalue weighted by molar-refractivity contribution is 5.55. The standard InChI is InChI=1S/C32H34O4/c1-33-31(34-2)27(23-12-7-5-8-13-23)18-20-29(31)25-16-11-17-26(22-25)30-21-19-28(32(30,35-3)36-4)24-14-9-6-10-15-24/h5-17,22H,18-21H2,1-4H3. The second-order valence-electron chi connectivity index (χ2n) is 9.28. The van der Waals surface area contributed by atoms with Crippen molar-refractivity contribution in [1.29, 1.82) is 0 Å². The van der Waals surface area contributed by atoms with Gasteiger partial charge in [0.1, 0.15) is 0 Å². The Bertz CT molecular complexity index is 1030. The molecular weight excluding hydrogens is 448 g/mol. The second-order valence-corrected chi connectivity index (χ2v) is 9.28. The molecule has 0 bridgehead atoms. The zero-order valence-electron chi connectivity index (χ0n) is 21.5. The first-order chi connectivity index (χ1) is 17.6. The summed E-state index contributed by atoms with van der Waals surface area (Å²) >= 11 is 0. The molecule has 186 valence electrons. The zero-order chi connectivity index (χ0) is 25.2. The van der Waals surface area contributed by atoms with Crippen LogP contribution in [0, 0.1) is 23.7 Å². The highest BCUT2D eigenvalue weighted by Gasteiger charge is 2.56. The summed E-state index contributed by atoms with van der Waals surface area (Å²) in [6, 6.07) is 29.5. The molecular formula is C32H34O4. The molecule has 0 heterocycles. The zero-order valence-corrected chi connectivity index (χ0v) is 21.5. The molecule has 3 aromatic carbocycles. The van der Waals surface area contributed by atoms with Gasteiger partial charge in [0.15, 0.2) is 11.6 Å². The maximum atomic E-state index is 6.15. The van der Waals surface area contributed by atoms with Gasteiger partial charge in [-0.2, -0.15) is 0 Å². The minimum Gasteiger partial charge on any atom is -0.351 e. The van der Waals surface area contributed by atoms with Gasteiger partial charge < -0.3 is 18.9 Å². The number of hydrogen-bond donors (Lipinski definition) is 0. The molecule has 36 heavy (non-hydrogen) atoms. The normalized spacial score (nSPS) is 20.8. The highest BCUT2D eigenvalue weighted by Crippen LogP contribution is 2.55. The van der Waals surface area contributed by atoms with Crippen LogP contribution in [0.1, 0.15) is 47.9 Å². The Morgan fingerprint density at radius 2 is 0.722 bits per heavy atom. The predicted octanol–water partition coefficient (Wildman–Crippen LogP) is 6.34. The van der Waals surface area contributed by atoms with E-state index < -0.39 is 11.6 Å². The number of benzene rings is 3. The molecule has 0 saturated heterocycles. The van der Waals surface area contributed by atoms with E-state index in [0.717, 1.165) is 71.6 Å².